The third kappa shape index (κ3) is 4.95. The monoisotopic (exact) mass is 600 g/mol. The van der Waals surface area contributed by atoms with E-state index < -0.39 is 0 Å². The Morgan fingerprint density at radius 3 is 2.61 bits per heavy atom. The lowest BCUT2D eigenvalue weighted by atomic mass is 9.90. The summed E-state index contributed by atoms with van der Waals surface area (Å²) in [5.74, 6) is 1.97. The van der Waals surface area contributed by atoms with Crippen LogP contribution < -0.4 is 4.74 Å². The van der Waals surface area contributed by atoms with Gasteiger partial charge in [-0.05, 0) is 95.1 Å². The molecule has 41 heavy (non-hydrogen) atoms. The van der Waals surface area contributed by atoms with Crippen LogP contribution in [0.1, 0.15) is 57.6 Å². The van der Waals surface area contributed by atoms with Crippen molar-refractivity contribution in [3.8, 4) is 11.5 Å². The maximum absolute atomic E-state index is 14.3. The number of hydrogen-bond acceptors (Lipinski definition) is 3. The van der Waals surface area contributed by atoms with E-state index in [-0.39, 0.29) is 11.8 Å². The number of fused-ring (bicyclic) bond motifs is 3. The van der Waals surface area contributed by atoms with Crippen LogP contribution >= 0.6 is 15.9 Å². The van der Waals surface area contributed by atoms with E-state index in [1.807, 2.05) is 71.6 Å². The normalized spacial score (nSPS) is 17.0. The second-order valence-electron chi connectivity index (χ2n) is 10.9. The first kappa shape index (κ1) is 25.7. The van der Waals surface area contributed by atoms with Crippen molar-refractivity contribution in [2.75, 3.05) is 6.54 Å². The number of hydrogen-bond donors (Lipinski definition) is 0. The molecule has 0 bridgehead atoms. The van der Waals surface area contributed by atoms with Gasteiger partial charge in [-0.15, -0.1) is 0 Å². The number of ether oxygens (including phenoxy) is 1. The number of allylic oxidation sites excluding steroid dienone is 1. The summed E-state index contributed by atoms with van der Waals surface area (Å²) < 4.78 is 7.11. The van der Waals surface area contributed by atoms with E-state index in [1.54, 1.807) is 0 Å². The van der Waals surface area contributed by atoms with Crippen LogP contribution in [0.3, 0.4) is 0 Å². The van der Waals surface area contributed by atoms with E-state index in [0.717, 1.165) is 67.7 Å². The van der Waals surface area contributed by atoms with Crippen molar-refractivity contribution in [2.24, 2.45) is 0 Å². The molecular weight excluding hydrogens is 572 g/mol. The number of para-hydroxylation sites is 2. The summed E-state index contributed by atoms with van der Waals surface area (Å²) >= 11 is 3.61. The maximum Gasteiger partial charge on any atom is 0.255 e. The highest BCUT2D eigenvalue weighted by atomic mass is 79.9. The molecule has 5 heteroatoms. The Kier molecular flexibility index (Phi) is 6.68. The molecule has 4 aromatic carbocycles. The number of carbonyl (C=O) groups excluding carboxylic acids is 1. The Labute approximate surface area is 248 Å². The van der Waals surface area contributed by atoms with E-state index >= 15 is 0 Å². The highest BCUT2D eigenvalue weighted by molar-refractivity contribution is 9.10. The number of nitrogens with zero attached hydrogens (tertiary/aromatic N) is 2. The lowest BCUT2D eigenvalue weighted by Crippen LogP contribution is -2.38. The Morgan fingerprint density at radius 1 is 0.927 bits per heavy atom. The second-order valence-corrected chi connectivity index (χ2v) is 11.8. The fraction of sp³-hybridized carbons (Fsp3) is 0.167. The highest BCUT2D eigenvalue weighted by Gasteiger charge is 2.32. The fourth-order valence-electron chi connectivity index (χ4n) is 6.22. The SMILES string of the molecule is CC1CN(C(=O)c2c3c(nc4ccccc24)/C(=C/c2cccc(Oc4ccccc4)c2)CC3)Cc2cc(Br)ccc21. The minimum atomic E-state index is 0.0943. The predicted octanol–water partition coefficient (Wildman–Crippen LogP) is 9.04. The molecule has 0 saturated heterocycles. The van der Waals surface area contributed by atoms with Crippen molar-refractivity contribution in [3.63, 3.8) is 0 Å². The molecule has 1 atom stereocenters. The maximum atomic E-state index is 14.3. The van der Waals surface area contributed by atoms with Gasteiger partial charge in [0, 0.05) is 22.9 Å². The second kappa shape index (κ2) is 10.6. The Balaban J connectivity index is 1.26. The smallest absolute Gasteiger partial charge is 0.255 e. The molecule has 4 nitrogen and oxygen atoms in total. The zero-order chi connectivity index (χ0) is 27.9. The van der Waals surface area contributed by atoms with Gasteiger partial charge >= 0.3 is 0 Å². The quantitative estimate of drug-likeness (QED) is 0.207. The average molecular weight is 602 g/mol. The van der Waals surface area contributed by atoms with E-state index in [2.05, 4.69) is 59.3 Å². The lowest BCUT2D eigenvalue weighted by molar-refractivity contribution is 0.0721. The molecule has 0 spiro atoms. The van der Waals surface area contributed by atoms with Gasteiger partial charge in [-0.3, -0.25) is 4.79 Å². The third-order valence-electron chi connectivity index (χ3n) is 8.11. The van der Waals surface area contributed by atoms with Gasteiger partial charge in [0.15, 0.2) is 0 Å². The molecule has 7 rings (SSSR count). The van der Waals surface area contributed by atoms with Gasteiger partial charge in [0.25, 0.3) is 5.91 Å². The summed E-state index contributed by atoms with van der Waals surface area (Å²) in [7, 11) is 0. The van der Waals surface area contributed by atoms with Crippen molar-refractivity contribution >= 4 is 44.4 Å². The summed E-state index contributed by atoms with van der Waals surface area (Å²) in [5.41, 5.74) is 8.40. The number of halogens is 1. The van der Waals surface area contributed by atoms with Crippen LogP contribution in [-0.4, -0.2) is 22.3 Å². The van der Waals surface area contributed by atoms with Crippen molar-refractivity contribution < 1.29 is 9.53 Å². The highest BCUT2D eigenvalue weighted by Crippen LogP contribution is 2.39. The molecule has 202 valence electrons. The third-order valence-corrected chi connectivity index (χ3v) is 8.61. The molecule has 1 aliphatic heterocycles. The van der Waals surface area contributed by atoms with Gasteiger partial charge in [0.1, 0.15) is 11.5 Å². The van der Waals surface area contributed by atoms with Gasteiger partial charge in [0.05, 0.1) is 16.8 Å². The predicted molar refractivity (Wildman–Crippen MR) is 168 cm³/mol. The number of carbonyl (C=O) groups is 1. The average Bonchev–Trinajstić information content (AvgIpc) is 3.37. The summed E-state index contributed by atoms with van der Waals surface area (Å²) in [6.07, 6.45) is 3.83. The Morgan fingerprint density at radius 2 is 1.73 bits per heavy atom. The van der Waals surface area contributed by atoms with E-state index in [4.69, 9.17) is 9.72 Å². The summed E-state index contributed by atoms with van der Waals surface area (Å²) in [5, 5.41) is 0.934. The Hall–Kier alpha value is -4.22. The first-order chi connectivity index (χ1) is 20.0. The summed E-state index contributed by atoms with van der Waals surface area (Å²) in [6, 6.07) is 32.4. The largest absolute Gasteiger partial charge is 0.457 e. The van der Waals surface area contributed by atoms with Gasteiger partial charge in [-0.25, -0.2) is 4.98 Å². The topological polar surface area (TPSA) is 42.4 Å². The molecule has 2 heterocycles. The molecule has 1 amide bonds. The van der Waals surface area contributed by atoms with Crippen LogP contribution in [0, 0.1) is 0 Å². The van der Waals surface area contributed by atoms with E-state index in [9.17, 15) is 4.79 Å². The van der Waals surface area contributed by atoms with Gasteiger partial charge in [0.2, 0.25) is 0 Å². The van der Waals surface area contributed by atoms with Crippen LogP contribution in [0.15, 0.2) is 102 Å². The minimum absolute atomic E-state index is 0.0943. The molecule has 5 aromatic rings. The number of amides is 1. The van der Waals surface area contributed by atoms with Gasteiger partial charge < -0.3 is 9.64 Å². The molecule has 1 aromatic heterocycles. The van der Waals surface area contributed by atoms with Crippen molar-refractivity contribution in [1.29, 1.82) is 0 Å². The van der Waals surface area contributed by atoms with Crippen LogP contribution in [-0.2, 0) is 13.0 Å². The molecule has 0 N–H and O–H groups in total. The molecule has 2 aliphatic rings. The first-order valence-electron chi connectivity index (χ1n) is 14.1. The number of rotatable bonds is 4. The Bertz CT molecular complexity index is 1830. The molecular formula is C36H29BrN2O2. The standard InChI is InChI=1S/C36H29BrN2O2/c1-23-21-39(22-26-20-27(37)15-17-30(23)26)36(40)34-31-12-5-6-13-33(31)38-35-25(14-16-32(34)35)18-24-8-7-11-29(19-24)41-28-9-3-2-4-10-28/h2-13,15,17-20,23H,14,16,21-22H2,1H3/b25-18+. The van der Waals surface area contributed by atoms with Crippen LogP contribution in [0.25, 0.3) is 22.6 Å². The van der Waals surface area contributed by atoms with E-state index in [1.165, 1.54) is 11.1 Å². The van der Waals surface area contributed by atoms with Crippen molar-refractivity contribution in [1.82, 2.24) is 9.88 Å². The van der Waals surface area contributed by atoms with Crippen LogP contribution in [0.5, 0.6) is 11.5 Å². The molecule has 0 saturated carbocycles. The molecule has 1 unspecified atom stereocenters. The lowest BCUT2D eigenvalue weighted by Gasteiger charge is -2.34. The zero-order valence-corrected chi connectivity index (χ0v) is 24.4. The number of benzene rings is 4. The van der Waals surface area contributed by atoms with Gasteiger partial charge in [-0.2, -0.15) is 0 Å². The summed E-state index contributed by atoms with van der Waals surface area (Å²) in [6.45, 7) is 3.52. The van der Waals surface area contributed by atoms with Crippen LogP contribution in [0.4, 0.5) is 0 Å². The van der Waals surface area contributed by atoms with E-state index in [0.29, 0.717) is 13.1 Å². The molecule has 1 aliphatic carbocycles. The summed E-state index contributed by atoms with van der Waals surface area (Å²) in [4.78, 5) is 21.5. The van der Waals surface area contributed by atoms with Gasteiger partial charge in [-0.1, -0.05) is 77.5 Å². The van der Waals surface area contributed by atoms with Crippen LogP contribution in [0.2, 0.25) is 0 Å². The molecule has 0 radical (unpaired) electrons. The number of aromatic nitrogens is 1. The number of pyridine rings is 1. The minimum Gasteiger partial charge on any atom is -0.457 e. The first-order valence-corrected chi connectivity index (χ1v) is 14.9. The fourth-order valence-corrected chi connectivity index (χ4v) is 6.63. The van der Waals surface area contributed by atoms with Crippen molar-refractivity contribution in [2.45, 2.75) is 32.2 Å². The zero-order valence-electron chi connectivity index (χ0n) is 22.8. The van der Waals surface area contributed by atoms with Crippen molar-refractivity contribution in [3.05, 3.63) is 135 Å². The molecule has 0 fully saturated rings.